The van der Waals surface area contributed by atoms with E-state index in [1.165, 1.54) is 0 Å². The fraction of sp³-hybridized carbons (Fsp3) is 0.750. The molecule has 0 spiro atoms. The first-order valence-corrected chi connectivity index (χ1v) is 15.8. The first-order chi connectivity index (χ1) is 20.7. The van der Waals surface area contributed by atoms with E-state index in [0.29, 0.717) is 79.3 Å². The van der Waals surface area contributed by atoms with Crippen LogP contribution in [0.25, 0.3) is 0 Å². The van der Waals surface area contributed by atoms with Crippen molar-refractivity contribution >= 4 is 20.8 Å². The second-order valence-corrected chi connectivity index (χ2v) is 10.6. The number of aryl methyl sites for hydroxylation is 4. The van der Waals surface area contributed by atoms with Gasteiger partial charge in [-0.1, -0.05) is 0 Å². The molecule has 0 aliphatic carbocycles. The van der Waals surface area contributed by atoms with Gasteiger partial charge in [0.2, 0.25) is 33.5 Å². The summed E-state index contributed by atoms with van der Waals surface area (Å²) in [6.45, 7) is 7.04. The van der Waals surface area contributed by atoms with Crippen molar-refractivity contribution in [3.63, 3.8) is 0 Å². The van der Waals surface area contributed by atoms with Gasteiger partial charge in [-0.15, -0.1) is 0 Å². The minimum atomic E-state index is -4.41. The predicted octanol–water partition coefficient (Wildman–Crippen LogP) is -2.02. The highest BCUT2D eigenvalue weighted by Gasteiger charge is 1.95. The summed E-state index contributed by atoms with van der Waals surface area (Å²) in [5.74, 6) is 0. The van der Waals surface area contributed by atoms with Crippen molar-refractivity contribution in [1.82, 2.24) is 9.13 Å². The van der Waals surface area contributed by atoms with Crippen LogP contribution in [-0.4, -0.2) is 129 Å². The zero-order valence-corrected chi connectivity index (χ0v) is 27.9. The van der Waals surface area contributed by atoms with Gasteiger partial charge in [-0.2, -0.15) is 0 Å². The zero-order chi connectivity index (χ0) is 33.7. The lowest BCUT2D eigenvalue weighted by Crippen LogP contribution is -2.23. The molecule has 0 amide bonds. The normalized spacial score (nSPS) is 16.0. The molecule has 0 bridgehead atoms. The summed E-state index contributed by atoms with van der Waals surface area (Å²) in [5, 5.41) is 0. The lowest BCUT2D eigenvalue weighted by Gasteiger charge is -2.09. The number of aromatic nitrogens is 4. The molecular formula is C24H48N4O14S2. The Morgan fingerprint density at radius 2 is 0.727 bits per heavy atom. The molecule has 0 atom stereocenters. The number of rotatable bonds is 2. The van der Waals surface area contributed by atoms with Crippen LogP contribution in [0.4, 0.5) is 0 Å². The zero-order valence-electron chi connectivity index (χ0n) is 26.3. The molecule has 3 rings (SSSR count). The number of ether oxygens (including phenoxy) is 6. The van der Waals surface area contributed by atoms with Gasteiger partial charge in [0.25, 0.3) is 0 Å². The molecule has 1 aliphatic rings. The van der Waals surface area contributed by atoms with Gasteiger partial charge in [0.1, 0.15) is 24.8 Å². The maximum absolute atomic E-state index is 9.22. The van der Waals surface area contributed by atoms with E-state index in [-0.39, 0.29) is 0 Å². The summed E-state index contributed by atoms with van der Waals surface area (Å²) in [4.78, 5) is 0. The molecule has 1 saturated heterocycles. The molecule has 2 aromatic rings. The summed E-state index contributed by atoms with van der Waals surface area (Å²) in [6.07, 6.45) is 12.0. The summed E-state index contributed by atoms with van der Waals surface area (Å²) in [6, 6.07) is 0. The minimum Gasteiger partial charge on any atom is -0.726 e. The highest BCUT2D eigenvalue weighted by atomic mass is 32.3. The Kier molecular flexibility index (Phi) is 28.4. The Morgan fingerprint density at radius 3 is 0.795 bits per heavy atom. The lowest BCUT2D eigenvalue weighted by atomic mass is 10.6. The molecule has 0 unspecified atom stereocenters. The number of imidazole rings is 2. The number of hydrogen-bond acceptors (Lipinski definition) is 14. The molecular weight excluding hydrogens is 632 g/mol. The Bertz CT molecular complexity index is 949. The Morgan fingerprint density at radius 1 is 0.545 bits per heavy atom. The lowest BCUT2D eigenvalue weighted by molar-refractivity contribution is -0.671. The van der Waals surface area contributed by atoms with Crippen LogP contribution in [0.3, 0.4) is 0 Å². The monoisotopic (exact) mass is 680 g/mol. The molecule has 20 heteroatoms. The average molecular weight is 681 g/mol. The average Bonchev–Trinajstić information content (AvgIpc) is 3.53. The van der Waals surface area contributed by atoms with Gasteiger partial charge in [0.05, 0.1) is 122 Å². The molecule has 1 aliphatic heterocycles. The van der Waals surface area contributed by atoms with Crippen molar-refractivity contribution in [2.24, 2.45) is 28.2 Å². The molecule has 0 aromatic carbocycles. The van der Waals surface area contributed by atoms with E-state index in [1.54, 1.807) is 0 Å². The van der Waals surface area contributed by atoms with Gasteiger partial charge in [0.15, 0.2) is 0 Å². The SMILES string of the molecule is C1COCCOCCOCCOCCOCCO1.COS(=O)(=O)[O-].COS(=O)(=O)[O-].Cn1cc[n+](C)c1.Cn1cc[n+](C)c1. The van der Waals surface area contributed by atoms with Gasteiger partial charge in [-0.05, 0) is 0 Å². The Hall–Kier alpha value is -2.08. The first-order valence-electron chi connectivity index (χ1n) is 13.1. The molecule has 1 fully saturated rings. The molecule has 2 aromatic heterocycles. The van der Waals surface area contributed by atoms with Crippen molar-refractivity contribution in [2.45, 2.75) is 0 Å². The summed E-state index contributed by atoms with van der Waals surface area (Å²) >= 11 is 0. The molecule has 260 valence electrons. The van der Waals surface area contributed by atoms with Crippen LogP contribution >= 0.6 is 0 Å². The number of nitrogens with zero attached hydrogens (tertiary/aromatic N) is 4. The van der Waals surface area contributed by atoms with Gasteiger partial charge in [-0.25, -0.2) is 35.1 Å². The van der Waals surface area contributed by atoms with Crippen LogP contribution in [0.5, 0.6) is 0 Å². The van der Waals surface area contributed by atoms with Gasteiger partial charge in [-0.3, -0.25) is 8.37 Å². The third kappa shape index (κ3) is 37.9. The summed E-state index contributed by atoms with van der Waals surface area (Å²) < 4.78 is 102. The standard InChI is InChI=1S/C12H24O6.2C5H9N2.2CH4O4S/c1-2-14-5-6-16-9-10-18-12-11-17-8-7-15-4-3-13-1;2*1-6-3-4-7(2)5-6;2*1-5-6(2,3)4/h1-12H2;2*3-5H,1-2H3;2*1H3,(H,2,3,4)/q;2*+1;;/p-2. The van der Waals surface area contributed by atoms with Gasteiger partial charge in [0, 0.05) is 0 Å². The van der Waals surface area contributed by atoms with Crippen LogP contribution in [0.1, 0.15) is 0 Å². The van der Waals surface area contributed by atoms with E-state index < -0.39 is 20.8 Å². The molecule has 0 saturated carbocycles. The van der Waals surface area contributed by atoms with E-state index in [0.717, 1.165) is 14.2 Å². The molecule has 0 radical (unpaired) electrons. The number of hydrogen-bond donors (Lipinski definition) is 0. The van der Waals surface area contributed by atoms with E-state index >= 15 is 0 Å². The van der Waals surface area contributed by atoms with Crippen molar-refractivity contribution in [3.8, 4) is 0 Å². The molecule has 3 heterocycles. The molecule has 18 nitrogen and oxygen atoms in total. The van der Waals surface area contributed by atoms with Crippen molar-refractivity contribution in [3.05, 3.63) is 37.4 Å². The topological polar surface area (TPSA) is 206 Å². The summed E-state index contributed by atoms with van der Waals surface area (Å²) in [5.41, 5.74) is 0. The molecule has 44 heavy (non-hydrogen) atoms. The maximum Gasteiger partial charge on any atom is 0.243 e. The highest BCUT2D eigenvalue weighted by molar-refractivity contribution is 7.81. The van der Waals surface area contributed by atoms with Crippen LogP contribution in [0.2, 0.25) is 0 Å². The predicted molar refractivity (Wildman–Crippen MR) is 152 cm³/mol. The van der Waals surface area contributed by atoms with Crippen LogP contribution in [-0.2, 0) is 85.8 Å². The van der Waals surface area contributed by atoms with Crippen molar-refractivity contribution in [2.75, 3.05) is 93.5 Å². The second-order valence-electron chi connectivity index (χ2n) is 8.31. The quantitative estimate of drug-likeness (QED) is 0.191. The highest BCUT2D eigenvalue weighted by Crippen LogP contribution is 1.86. The third-order valence-electron chi connectivity index (χ3n) is 4.44. The van der Waals surface area contributed by atoms with Crippen molar-refractivity contribution < 1.29 is 71.9 Å². The van der Waals surface area contributed by atoms with Gasteiger partial charge < -0.3 is 37.5 Å². The minimum absolute atomic E-state index is 0.586. The fourth-order valence-electron chi connectivity index (χ4n) is 2.47. The van der Waals surface area contributed by atoms with Crippen LogP contribution in [0.15, 0.2) is 37.4 Å². The third-order valence-corrected chi connectivity index (χ3v) is 5.26. The van der Waals surface area contributed by atoms with E-state index in [1.807, 2.05) is 83.9 Å². The fourth-order valence-corrected chi connectivity index (χ4v) is 2.47. The van der Waals surface area contributed by atoms with E-state index in [4.69, 9.17) is 28.4 Å². The van der Waals surface area contributed by atoms with Crippen LogP contribution < -0.4 is 9.13 Å². The van der Waals surface area contributed by atoms with E-state index in [9.17, 15) is 25.9 Å². The van der Waals surface area contributed by atoms with E-state index in [2.05, 4.69) is 8.37 Å². The Balaban J connectivity index is 0. The Labute approximate surface area is 260 Å². The molecule has 0 N–H and O–H groups in total. The van der Waals surface area contributed by atoms with Gasteiger partial charge >= 0.3 is 0 Å². The summed E-state index contributed by atoms with van der Waals surface area (Å²) in [7, 11) is 0.792. The maximum atomic E-state index is 9.22. The second kappa shape index (κ2) is 28.4. The van der Waals surface area contributed by atoms with Crippen molar-refractivity contribution in [1.29, 1.82) is 0 Å². The van der Waals surface area contributed by atoms with Crippen LogP contribution in [0, 0.1) is 0 Å². The largest absolute Gasteiger partial charge is 0.726 e. The smallest absolute Gasteiger partial charge is 0.243 e. The first kappa shape index (κ1) is 44.0.